The molecule has 0 spiro atoms. The first kappa shape index (κ1) is 14.9. The zero-order valence-corrected chi connectivity index (χ0v) is 12.6. The number of alkyl halides is 1. The zero-order valence-electron chi connectivity index (χ0n) is 11.9. The maximum absolute atomic E-state index is 11.8. The number of ether oxygens (including phenoxy) is 1. The number of esters is 1. The third kappa shape index (κ3) is 3.12. The molecule has 1 aromatic heterocycles. The molecule has 0 aliphatic heterocycles. The first-order valence-corrected chi connectivity index (χ1v) is 7.39. The maximum atomic E-state index is 11.8. The minimum absolute atomic E-state index is 0.297. The maximum Gasteiger partial charge on any atom is 0.338 e. The van der Waals surface area contributed by atoms with Crippen LogP contribution in [0.2, 0.25) is 0 Å². The second-order valence-corrected chi connectivity index (χ2v) is 5.09. The molecule has 0 aliphatic carbocycles. The Morgan fingerprint density at radius 1 is 1.40 bits per heavy atom. The highest BCUT2D eigenvalue weighted by atomic mass is 35.5. The monoisotopic (exact) mass is 294 g/mol. The van der Waals surface area contributed by atoms with Crippen molar-refractivity contribution in [3.63, 3.8) is 0 Å². The number of nitrogens with zero attached hydrogens (tertiary/aromatic N) is 2. The molecule has 0 unspecified atom stereocenters. The molecule has 0 amide bonds. The van der Waals surface area contributed by atoms with E-state index in [1.807, 2.05) is 19.3 Å². The molecule has 0 atom stereocenters. The number of halogens is 1. The number of aryl methyl sites for hydroxylation is 2. The molecule has 5 heteroatoms. The molecule has 0 saturated heterocycles. The van der Waals surface area contributed by atoms with Crippen LogP contribution in [0.5, 0.6) is 0 Å². The van der Waals surface area contributed by atoms with Gasteiger partial charge in [0.2, 0.25) is 0 Å². The van der Waals surface area contributed by atoms with Gasteiger partial charge in [0.15, 0.2) is 0 Å². The van der Waals surface area contributed by atoms with E-state index in [9.17, 15) is 4.79 Å². The summed E-state index contributed by atoms with van der Waals surface area (Å²) in [4.78, 5) is 16.2. The number of benzene rings is 1. The molecule has 20 heavy (non-hydrogen) atoms. The van der Waals surface area contributed by atoms with Crippen LogP contribution in [0.3, 0.4) is 0 Å². The normalized spacial score (nSPS) is 10.9. The van der Waals surface area contributed by atoms with Gasteiger partial charge in [-0.3, -0.25) is 0 Å². The molecule has 0 radical (unpaired) electrons. The van der Waals surface area contributed by atoms with Crippen molar-refractivity contribution in [1.29, 1.82) is 0 Å². The molecule has 0 aliphatic rings. The fourth-order valence-corrected chi connectivity index (χ4v) is 2.49. The summed E-state index contributed by atoms with van der Waals surface area (Å²) in [5.41, 5.74) is 3.50. The van der Waals surface area contributed by atoms with Gasteiger partial charge in [-0.15, -0.1) is 11.6 Å². The summed E-state index contributed by atoms with van der Waals surface area (Å²) < 4.78 is 7.15. The summed E-state index contributed by atoms with van der Waals surface area (Å²) in [6.45, 7) is 5.06. The standard InChI is InChI=1S/C15H19ClN2O2/c1-3-20-15(19)12-8-11(2)14-13(9-12)17-10-18(14)7-5-4-6-16/h8-10H,3-7H2,1-2H3. The van der Waals surface area contributed by atoms with Crippen LogP contribution in [0.1, 0.15) is 35.7 Å². The van der Waals surface area contributed by atoms with Crippen LogP contribution in [0.15, 0.2) is 18.5 Å². The molecule has 0 fully saturated rings. The van der Waals surface area contributed by atoms with Crippen molar-refractivity contribution in [3.8, 4) is 0 Å². The van der Waals surface area contributed by atoms with Crippen LogP contribution >= 0.6 is 11.6 Å². The SMILES string of the molecule is CCOC(=O)c1cc(C)c2c(c1)ncn2CCCCCl. The third-order valence-electron chi connectivity index (χ3n) is 3.20. The zero-order chi connectivity index (χ0) is 14.5. The number of hydrogen-bond donors (Lipinski definition) is 0. The van der Waals surface area contributed by atoms with Crippen molar-refractivity contribution < 1.29 is 9.53 Å². The Balaban J connectivity index is 2.31. The molecular weight excluding hydrogens is 276 g/mol. The highest BCUT2D eigenvalue weighted by Gasteiger charge is 2.12. The largest absolute Gasteiger partial charge is 0.462 e. The minimum atomic E-state index is -0.297. The molecule has 1 aromatic carbocycles. The number of aromatic nitrogens is 2. The van der Waals surface area contributed by atoms with Gasteiger partial charge in [-0.05, 0) is 44.4 Å². The second kappa shape index (κ2) is 6.75. The average molecular weight is 295 g/mol. The lowest BCUT2D eigenvalue weighted by molar-refractivity contribution is 0.0526. The van der Waals surface area contributed by atoms with Crippen LogP contribution in [0.25, 0.3) is 11.0 Å². The molecule has 2 rings (SSSR count). The Bertz CT molecular complexity index is 607. The van der Waals surface area contributed by atoms with Gasteiger partial charge in [-0.1, -0.05) is 0 Å². The van der Waals surface area contributed by atoms with Gasteiger partial charge >= 0.3 is 5.97 Å². The molecule has 1 heterocycles. The number of rotatable bonds is 6. The van der Waals surface area contributed by atoms with Gasteiger partial charge in [0.05, 0.1) is 29.5 Å². The predicted molar refractivity (Wildman–Crippen MR) is 80.4 cm³/mol. The van der Waals surface area contributed by atoms with Crippen LogP contribution in [-0.4, -0.2) is 28.0 Å². The van der Waals surface area contributed by atoms with E-state index in [1.54, 1.807) is 13.0 Å². The van der Waals surface area contributed by atoms with E-state index < -0.39 is 0 Å². The van der Waals surface area contributed by atoms with E-state index in [0.717, 1.165) is 36.0 Å². The number of carbonyl (C=O) groups excluding carboxylic acids is 1. The molecular formula is C15H19ClN2O2. The number of hydrogen-bond acceptors (Lipinski definition) is 3. The lowest BCUT2D eigenvalue weighted by Gasteiger charge is -2.07. The molecule has 0 N–H and O–H groups in total. The number of carbonyl (C=O) groups is 1. The van der Waals surface area contributed by atoms with E-state index >= 15 is 0 Å². The molecule has 2 aromatic rings. The van der Waals surface area contributed by atoms with Gasteiger partial charge < -0.3 is 9.30 Å². The summed E-state index contributed by atoms with van der Waals surface area (Å²) >= 11 is 5.70. The Kier molecular flexibility index (Phi) is 5.01. The Morgan fingerprint density at radius 3 is 2.90 bits per heavy atom. The number of fused-ring (bicyclic) bond motifs is 1. The summed E-state index contributed by atoms with van der Waals surface area (Å²) in [5.74, 6) is 0.382. The Hall–Kier alpha value is -1.55. The highest BCUT2D eigenvalue weighted by molar-refractivity contribution is 6.17. The third-order valence-corrected chi connectivity index (χ3v) is 3.46. The summed E-state index contributed by atoms with van der Waals surface area (Å²) in [6.07, 6.45) is 3.83. The van der Waals surface area contributed by atoms with Crippen LogP contribution in [0, 0.1) is 6.92 Å². The summed E-state index contributed by atoms with van der Waals surface area (Å²) in [7, 11) is 0. The minimum Gasteiger partial charge on any atom is -0.462 e. The Labute approximate surface area is 123 Å². The lowest BCUT2D eigenvalue weighted by Crippen LogP contribution is -2.05. The quantitative estimate of drug-likeness (QED) is 0.465. The molecule has 0 saturated carbocycles. The fraction of sp³-hybridized carbons (Fsp3) is 0.467. The first-order valence-electron chi connectivity index (χ1n) is 6.86. The van der Waals surface area contributed by atoms with E-state index in [4.69, 9.17) is 16.3 Å². The first-order chi connectivity index (χ1) is 9.67. The smallest absolute Gasteiger partial charge is 0.338 e. The van der Waals surface area contributed by atoms with Crippen molar-refractivity contribution in [2.24, 2.45) is 0 Å². The van der Waals surface area contributed by atoms with Crippen molar-refractivity contribution in [1.82, 2.24) is 9.55 Å². The predicted octanol–water partition coefficient (Wildman–Crippen LogP) is 3.54. The number of unbranched alkanes of at least 4 members (excludes halogenated alkanes) is 1. The van der Waals surface area contributed by atoms with E-state index in [1.165, 1.54) is 0 Å². The van der Waals surface area contributed by atoms with Crippen LogP contribution < -0.4 is 0 Å². The van der Waals surface area contributed by atoms with Crippen molar-refractivity contribution in [2.75, 3.05) is 12.5 Å². The van der Waals surface area contributed by atoms with Crippen LogP contribution in [0.4, 0.5) is 0 Å². The highest BCUT2D eigenvalue weighted by Crippen LogP contribution is 2.21. The van der Waals surface area contributed by atoms with Gasteiger partial charge in [-0.2, -0.15) is 0 Å². The fourth-order valence-electron chi connectivity index (χ4n) is 2.30. The van der Waals surface area contributed by atoms with Crippen molar-refractivity contribution >= 4 is 28.6 Å². The topological polar surface area (TPSA) is 44.1 Å². The van der Waals surface area contributed by atoms with Crippen LogP contribution in [-0.2, 0) is 11.3 Å². The second-order valence-electron chi connectivity index (χ2n) is 4.72. The van der Waals surface area contributed by atoms with Crippen molar-refractivity contribution in [3.05, 3.63) is 29.6 Å². The average Bonchev–Trinajstić information content (AvgIpc) is 2.83. The van der Waals surface area contributed by atoms with E-state index in [-0.39, 0.29) is 5.97 Å². The summed E-state index contributed by atoms with van der Waals surface area (Å²) in [6, 6.07) is 3.65. The van der Waals surface area contributed by atoms with E-state index in [0.29, 0.717) is 18.1 Å². The van der Waals surface area contributed by atoms with Crippen molar-refractivity contribution in [2.45, 2.75) is 33.2 Å². The van der Waals surface area contributed by atoms with Gasteiger partial charge in [0.25, 0.3) is 0 Å². The molecule has 0 bridgehead atoms. The van der Waals surface area contributed by atoms with Gasteiger partial charge in [0.1, 0.15) is 0 Å². The Morgan fingerprint density at radius 2 is 2.20 bits per heavy atom. The van der Waals surface area contributed by atoms with Gasteiger partial charge in [-0.25, -0.2) is 9.78 Å². The van der Waals surface area contributed by atoms with Gasteiger partial charge in [0, 0.05) is 12.4 Å². The van der Waals surface area contributed by atoms with E-state index in [2.05, 4.69) is 9.55 Å². The molecule has 108 valence electrons. The summed E-state index contributed by atoms with van der Waals surface area (Å²) in [5, 5.41) is 0. The molecule has 4 nitrogen and oxygen atoms in total. The number of imidazole rings is 1. The lowest BCUT2D eigenvalue weighted by atomic mass is 10.1.